The lowest BCUT2D eigenvalue weighted by molar-refractivity contribution is 0.190. The Kier molecular flexibility index (Phi) is 5.48. The molecule has 0 aliphatic carbocycles. The molecule has 1 saturated heterocycles. The predicted octanol–water partition coefficient (Wildman–Crippen LogP) is 3.17. The van der Waals surface area contributed by atoms with E-state index < -0.39 is 0 Å². The summed E-state index contributed by atoms with van der Waals surface area (Å²) in [7, 11) is 2.09. The van der Waals surface area contributed by atoms with Crippen LogP contribution in [0.5, 0.6) is 0 Å². The van der Waals surface area contributed by atoms with Crippen LogP contribution in [0.25, 0.3) is 22.0 Å². The maximum Gasteiger partial charge on any atom is 0.258 e. The summed E-state index contributed by atoms with van der Waals surface area (Å²) in [5.74, 6) is 1.29. The molecule has 3 heterocycles. The van der Waals surface area contributed by atoms with Crippen LogP contribution in [-0.2, 0) is 0 Å². The Bertz CT molecular complexity index is 849. The number of nitrogens with zero attached hydrogens (tertiary/aromatic N) is 4. The molecular weight excluding hydrogens is 358 g/mol. The second-order valence-electron chi connectivity index (χ2n) is 6.03. The highest BCUT2D eigenvalue weighted by atomic mass is 35.5. The largest absolute Gasteiger partial charge is 0.334 e. The van der Waals surface area contributed by atoms with Crippen molar-refractivity contribution in [1.29, 1.82) is 0 Å². The van der Waals surface area contributed by atoms with Gasteiger partial charge in [0.25, 0.3) is 5.89 Å². The summed E-state index contributed by atoms with van der Waals surface area (Å²) < 4.78 is 5.52. The third-order valence-electron chi connectivity index (χ3n) is 4.23. The quantitative estimate of drug-likeness (QED) is 0.756. The Balaban J connectivity index is 0.00000182. The summed E-state index contributed by atoms with van der Waals surface area (Å²) in [6.45, 7) is 4.82. The first-order chi connectivity index (χ1) is 11.7. The van der Waals surface area contributed by atoms with Gasteiger partial charge in [-0.2, -0.15) is 4.98 Å². The zero-order valence-corrected chi connectivity index (χ0v) is 15.7. The van der Waals surface area contributed by atoms with Crippen molar-refractivity contribution in [2.75, 3.05) is 26.7 Å². The van der Waals surface area contributed by atoms with Crippen LogP contribution in [0.2, 0.25) is 0 Å². The Morgan fingerprint density at radius 1 is 1.28 bits per heavy atom. The van der Waals surface area contributed by atoms with Crippen molar-refractivity contribution in [2.24, 2.45) is 0 Å². The van der Waals surface area contributed by atoms with Crippen LogP contribution in [0, 0.1) is 6.92 Å². The molecule has 4 rings (SSSR count). The van der Waals surface area contributed by atoms with Crippen LogP contribution in [0.1, 0.15) is 17.6 Å². The molecule has 0 radical (unpaired) electrons. The SMILES string of the molecule is Cc1csc(-c2cccc(-c3nc(C4CNCCN4C)no3)c2)n1.Cl. The Morgan fingerprint density at radius 3 is 2.88 bits per heavy atom. The van der Waals surface area contributed by atoms with Gasteiger partial charge < -0.3 is 9.84 Å². The van der Waals surface area contributed by atoms with Crippen molar-refractivity contribution < 1.29 is 4.52 Å². The number of benzene rings is 1. The molecule has 0 amide bonds. The molecule has 1 fully saturated rings. The highest BCUT2D eigenvalue weighted by molar-refractivity contribution is 7.13. The minimum absolute atomic E-state index is 0. The number of piperazine rings is 1. The first-order valence-corrected chi connectivity index (χ1v) is 8.86. The van der Waals surface area contributed by atoms with Gasteiger partial charge in [0.05, 0.1) is 6.04 Å². The molecule has 0 saturated carbocycles. The summed E-state index contributed by atoms with van der Waals surface area (Å²) in [6, 6.07) is 8.25. The molecule has 1 aliphatic rings. The fourth-order valence-corrected chi connectivity index (χ4v) is 3.65. The second kappa shape index (κ2) is 7.61. The van der Waals surface area contributed by atoms with Gasteiger partial charge in [0.1, 0.15) is 5.01 Å². The van der Waals surface area contributed by atoms with Crippen LogP contribution >= 0.6 is 23.7 Å². The number of nitrogens with one attached hydrogen (secondary N) is 1. The van der Waals surface area contributed by atoms with Gasteiger partial charge in [0.15, 0.2) is 5.82 Å². The van der Waals surface area contributed by atoms with E-state index in [0.29, 0.717) is 5.89 Å². The van der Waals surface area contributed by atoms with Gasteiger partial charge in [-0.15, -0.1) is 23.7 Å². The summed E-state index contributed by atoms with van der Waals surface area (Å²) in [6.07, 6.45) is 0. The van der Waals surface area contributed by atoms with Gasteiger partial charge in [-0.3, -0.25) is 4.90 Å². The van der Waals surface area contributed by atoms with Crippen molar-refractivity contribution in [3.63, 3.8) is 0 Å². The van der Waals surface area contributed by atoms with E-state index in [1.165, 1.54) is 0 Å². The smallest absolute Gasteiger partial charge is 0.258 e. The van der Waals surface area contributed by atoms with E-state index in [-0.39, 0.29) is 18.4 Å². The molecule has 132 valence electrons. The summed E-state index contributed by atoms with van der Waals surface area (Å²) in [4.78, 5) is 11.4. The maximum absolute atomic E-state index is 5.52. The molecule has 1 aromatic carbocycles. The average Bonchev–Trinajstić information content (AvgIpc) is 3.25. The fourth-order valence-electron chi connectivity index (χ4n) is 2.85. The monoisotopic (exact) mass is 377 g/mol. The van der Waals surface area contributed by atoms with Gasteiger partial charge in [0, 0.05) is 41.8 Å². The maximum atomic E-state index is 5.52. The summed E-state index contributed by atoms with van der Waals surface area (Å²) in [5.41, 5.74) is 3.03. The number of likely N-dealkylation sites (N-methyl/N-ethyl adjacent to an activating group) is 1. The van der Waals surface area contributed by atoms with Crippen molar-refractivity contribution in [1.82, 2.24) is 25.3 Å². The number of aryl methyl sites for hydroxylation is 1. The minimum atomic E-state index is 0. The Morgan fingerprint density at radius 2 is 2.12 bits per heavy atom. The zero-order valence-electron chi connectivity index (χ0n) is 14.1. The molecule has 1 aliphatic heterocycles. The van der Waals surface area contributed by atoms with Crippen LogP contribution in [0.15, 0.2) is 34.2 Å². The third kappa shape index (κ3) is 3.74. The minimum Gasteiger partial charge on any atom is -0.334 e. The highest BCUT2D eigenvalue weighted by Gasteiger charge is 2.25. The van der Waals surface area contributed by atoms with Crippen molar-refractivity contribution in [3.8, 4) is 22.0 Å². The Labute approximate surface area is 156 Å². The highest BCUT2D eigenvalue weighted by Crippen LogP contribution is 2.28. The van der Waals surface area contributed by atoms with Gasteiger partial charge in [0.2, 0.25) is 0 Å². The first-order valence-electron chi connectivity index (χ1n) is 7.98. The van der Waals surface area contributed by atoms with Crippen molar-refractivity contribution in [2.45, 2.75) is 13.0 Å². The zero-order chi connectivity index (χ0) is 16.5. The van der Waals surface area contributed by atoms with Gasteiger partial charge in [-0.05, 0) is 26.1 Å². The number of rotatable bonds is 3. The van der Waals surface area contributed by atoms with Crippen molar-refractivity contribution in [3.05, 3.63) is 41.2 Å². The van der Waals surface area contributed by atoms with Crippen molar-refractivity contribution >= 4 is 23.7 Å². The molecule has 6 nitrogen and oxygen atoms in total. The molecule has 0 spiro atoms. The van der Waals surface area contributed by atoms with E-state index in [1.54, 1.807) is 11.3 Å². The van der Waals surface area contributed by atoms with Crippen LogP contribution in [0.3, 0.4) is 0 Å². The number of halogens is 1. The molecule has 25 heavy (non-hydrogen) atoms. The summed E-state index contributed by atoms with van der Waals surface area (Å²) in [5, 5.41) is 10.6. The van der Waals surface area contributed by atoms with E-state index in [2.05, 4.69) is 49.9 Å². The summed E-state index contributed by atoms with van der Waals surface area (Å²) >= 11 is 1.64. The lowest BCUT2D eigenvalue weighted by Gasteiger charge is -2.30. The first kappa shape index (κ1) is 18.0. The fraction of sp³-hybridized carbons (Fsp3) is 0.353. The number of hydrogen-bond donors (Lipinski definition) is 1. The predicted molar refractivity (Wildman–Crippen MR) is 101 cm³/mol. The van der Waals surface area contributed by atoms with Crippen LogP contribution in [0.4, 0.5) is 0 Å². The van der Waals surface area contributed by atoms with Crippen LogP contribution < -0.4 is 5.32 Å². The van der Waals surface area contributed by atoms with Gasteiger partial charge in [-0.1, -0.05) is 17.3 Å². The molecule has 1 unspecified atom stereocenters. The molecule has 8 heteroatoms. The molecule has 0 bridgehead atoms. The van der Waals surface area contributed by atoms with E-state index in [9.17, 15) is 0 Å². The second-order valence-corrected chi connectivity index (χ2v) is 6.89. The molecule has 1 N–H and O–H groups in total. The topological polar surface area (TPSA) is 67.1 Å². The standard InChI is InChI=1S/C17H19N5OS.ClH/c1-11-10-24-17(19-11)13-5-3-4-12(8-13)16-20-15(21-23-16)14-9-18-6-7-22(14)2;/h3-5,8,10,14,18H,6-7,9H2,1-2H3;1H. The number of aromatic nitrogens is 3. The molecular formula is C17H20ClN5OS. The number of thiazole rings is 1. The van der Waals surface area contributed by atoms with E-state index in [1.807, 2.05) is 19.1 Å². The molecule has 2 aromatic heterocycles. The average molecular weight is 378 g/mol. The van der Waals surface area contributed by atoms with Crippen LogP contribution in [-0.4, -0.2) is 46.7 Å². The lowest BCUT2D eigenvalue weighted by Crippen LogP contribution is -2.44. The Hall–Kier alpha value is -1.80. The third-order valence-corrected chi connectivity index (χ3v) is 5.24. The van der Waals surface area contributed by atoms with E-state index >= 15 is 0 Å². The lowest BCUT2D eigenvalue weighted by atomic mass is 10.1. The van der Waals surface area contributed by atoms with Gasteiger partial charge in [-0.25, -0.2) is 4.98 Å². The molecule has 3 aromatic rings. The molecule has 1 atom stereocenters. The normalized spacial score (nSPS) is 18.1. The van der Waals surface area contributed by atoms with E-state index in [0.717, 1.165) is 47.3 Å². The van der Waals surface area contributed by atoms with E-state index in [4.69, 9.17) is 4.52 Å². The van der Waals surface area contributed by atoms with Gasteiger partial charge >= 0.3 is 0 Å². The number of hydrogen-bond acceptors (Lipinski definition) is 7.